The molecule has 0 radical (unpaired) electrons. The highest BCUT2D eigenvalue weighted by Gasteiger charge is 2.31. The van der Waals surface area contributed by atoms with Crippen molar-refractivity contribution in [1.29, 1.82) is 0 Å². The van der Waals surface area contributed by atoms with Gasteiger partial charge in [0.15, 0.2) is 0 Å². The van der Waals surface area contributed by atoms with Crippen molar-refractivity contribution < 1.29 is 13.9 Å². The van der Waals surface area contributed by atoms with Crippen LogP contribution in [-0.4, -0.2) is 30.5 Å². The highest BCUT2D eigenvalue weighted by Crippen LogP contribution is 2.28. The average Bonchev–Trinajstić information content (AvgIpc) is 2.57. The number of carbonyl (C=O) groups is 1. The molecule has 2 aromatic rings. The topological polar surface area (TPSA) is 55.6 Å². The van der Waals surface area contributed by atoms with Gasteiger partial charge >= 0.3 is 0 Å². The van der Waals surface area contributed by atoms with Crippen molar-refractivity contribution in [1.82, 2.24) is 4.90 Å². The van der Waals surface area contributed by atoms with Gasteiger partial charge in [0.2, 0.25) is 5.91 Å². The Morgan fingerprint density at radius 2 is 1.87 bits per heavy atom. The summed E-state index contributed by atoms with van der Waals surface area (Å²) in [7, 11) is 0. The fourth-order valence-corrected chi connectivity index (χ4v) is 2.97. The number of amides is 1. The first-order valence-corrected chi connectivity index (χ1v) is 7.60. The zero-order valence-electron chi connectivity index (χ0n) is 12.7. The molecule has 4 nitrogen and oxygen atoms in total. The highest BCUT2D eigenvalue weighted by atomic mass is 19.1. The predicted molar refractivity (Wildman–Crippen MR) is 85.0 cm³/mol. The van der Waals surface area contributed by atoms with Gasteiger partial charge in [-0.05, 0) is 23.3 Å². The van der Waals surface area contributed by atoms with Crippen molar-refractivity contribution in [2.75, 3.05) is 19.7 Å². The molecule has 2 atom stereocenters. The summed E-state index contributed by atoms with van der Waals surface area (Å²) >= 11 is 0. The van der Waals surface area contributed by atoms with E-state index in [0.29, 0.717) is 19.7 Å². The molecule has 5 heteroatoms. The van der Waals surface area contributed by atoms with Crippen LogP contribution in [0.1, 0.15) is 23.3 Å². The second kappa shape index (κ2) is 6.89. The zero-order valence-corrected chi connectivity index (χ0v) is 12.7. The zero-order chi connectivity index (χ0) is 16.2. The van der Waals surface area contributed by atoms with Crippen LogP contribution in [-0.2, 0) is 9.53 Å². The summed E-state index contributed by atoms with van der Waals surface area (Å²) in [6.45, 7) is 1.66. The number of halogens is 1. The minimum absolute atomic E-state index is 0.199. The lowest BCUT2D eigenvalue weighted by Gasteiger charge is -2.37. The van der Waals surface area contributed by atoms with Crippen LogP contribution in [0.4, 0.5) is 4.39 Å². The molecule has 23 heavy (non-hydrogen) atoms. The van der Waals surface area contributed by atoms with Crippen LogP contribution in [0.3, 0.4) is 0 Å². The number of ether oxygens (including phenoxy) is 1. The maximum Gasteiger partial charge on any atom is 0.239 e. The Kier molecular flexibility index (Phi) is 4.69. The van der Waals surface area contributed by atoms with E-state index in [9.17, 15) is 9.18 Å². The van der Waals surface area contributed by atoms with Crippen LogP contribution in [0.25, 0.3) is 0 Å². The Morgan fingerprint density at radius 1 is 1.17 bits per heavy atom. The van der Waals surface area contributed by atoms with Crippen molar-refractivity contribution in [3.05, 3.63) is 71.5 Å². The van der Waals surface area contributed by atoms with E-state index in [2.05, 4.69) is 0 Å². The van der Waals surface area contributed by atoms with Crippen LogP contribution in [0.15, 0.2) is 54.6 Å². The maximum absolute atomic E-state index is 13.1. The molecule has 0 aliphatic carbocycles. The van der Waals surface area contributed by atoms with E-state index in [1.807, 2.05) is 35.2 Å². The van der Waals surface area contributed by atoms with Crippen molar-refractivity contribution in [3.63, 3.8) is 0 Å². The maximum atomic E-state index is 13.1. The highest BCUT2D eigenvalue weighted by molar-refractivity contribution is 5.81. The third kappa shape index (κ3) is 3.57. The smallest absolute Gasteiger partial charge is 0.239 e. The molecule has 1 amide bonds. The van der Waals surface area contributed by atoms with Crippen molar-refractivity contribution in [2.45, 2.75) is 12.1 Å². The van der Waals surface area contributed by atoms with Gasteiger partial charge in [-0.2, -0.15) is 0 Å². The summed E-state index contributed by atoms with van der Waals surface area (Å²) in [6, 6.07) is 15.3. The molecule has 0 spiro atoms. The number of primary amides is 1. The number of nitrogens with two attached hydrogens (primary N) is 1. The fourth-order valence-electron chi connectivity index (χ4n) is 2.97. The number of rotatable bonds is 4. The van der Waals surface area contributed by atoms with E-state index < -0.39 is 6.04 Å². The summed E-state index contributed by atoms with van der Waals surface area (Å²) in [5, 5.41) is 0. The lowest BCUT2D eigenvalue weighted by molar-refractivity contribution is -0.127. The molecule has 3 rings (SSSR count). The Morgan fingerprint density at radius 3 is 2.52 bits per heavy atom. The van der Waals surface area contributed by atoms with E-state index in [1.54, 1.807) is 12.1 Å². The molecule has 1 aliphatic heterocycles. The summed E-state index contributed by atoms with van der Waals surface area (Å²) in [4.78, 5) is 14.0. The lowest BCUT2D eigenvalue weighted by Crippen LogP contribution is -2.45. The van der Waals surface area contributed by atoms with E-state index in [1.165, 1.54) is 12.1 Å². The second-order valence-corrected chi connectivity index (χ2v) is 5.62. The van der Waals surface area contributed by atoms with Gasteiger partial charge in [-0.3, -0.25) is 9.69 Å². The number of hydrogen-bond acceptors (Lipinski definition) is 3. The molecule has 1 fully saturated rings. The minimum Gasteiger partial charge on any atom is -0.371 e. The monoisotopic (exact) mass is 314 g/mol. The Labute approximate surface area is 134 Å². The molecule has 0 aromatic heterocycles. The number of morpholine rings is 1. The van der Waals surface area contributed by atoms with Crippen molar-refractivity contribution in [2.24, 2.45) is 5.73 Å². The first-order chi connectivity index (χ1) is 11.1. The Hall–Kier alpha value is -2.24. The minimum atomic E-state index is -0.483. The molecule has 1 heterocycles. The average molecular weight is 314 g/mol. The van der Waals surface area contributed by atoms with Gasteiger partial charge in [0.1, 0.15) is 11.9 Å². The molecular weight excluding hydrogens is 295 g/mol. The fraction of sp³-hybridized carbons (Fsp3) is 0.278. The third-order valence-electron chi connectivity index (χ3n) is 4.09. The van der Waals surface area contributed by atoms with Crippen LogP contribution >= 0.6 is 0 Å². The molecule has 120 valence electrons. The SMILES string of the molecule is NC(=O)C(c1ccccc1)N1CCOC(c2ccc(F)cc2)C1. The van der Waals surface area contributed by atoms with Crippen LogP contribution in [0.5, 0.6) is 0 Å². The van der Waals surface area contributed by atoms with Gasteiger partial charge in [-0.25, -0.2) is 4.39 Å². The first-order valence-electron chi connectivity index (χ1n) is 7.60. The Bertz CT molecular complexity index is 660. The summed E-state index contributed by atoms with van der Waals surface area (Å²) in [6.07, 6.45) is -0.199. The van der Waals surface area contributed by atoms with E-state index in [4.69, 9.17) is 10.5 Å². The number of benzene rings is 2. The summed E-state index contributed by atoms with van der Waals surface area (Å²) < 4.78 is 18.9. The van der Waals surface area contributed by atoms with Gasteiger partial charge in [0.25, 0.3) is 0 Å². The van der Waals surface area contributed by atoms with Gasteiger partial charge < -0.3 is 10.5 Å². The number of hydrogen-bond donors (Lipinski definition) is 1. The van der Waals surface area contributed by atoms with E-state index >= 15 is 0 Å². The largest absolute Gasteiger partial charge is 0.371 e. The molecule has 1 aliphatic rings. The molecule has 0 saturated carbocycles. The standard InChI is InChI=1S/C18H19FN2O2/c19-15-8-6-13(7-9-15)16-12-21(10-11-23-16)17(18(20)22)14-4-2-1-3-5-14/h1-9,16-17H,10-12H2,(H2,20,22). The molecular formula is C18H19FN2O2. The summed E-state index contributed by atoms with van der Waals surface area (Å²) in [5.74, 6) is -0.656. The van der Waals surface area contributed by atoms with Gasteiger partial charge in [-0.15, -0.1) is 0 Å². The van der Waals surface area contributed by atoms with Crippen molar-refractivity contribution >= 4 is 5.91 Å². The lowest BCUT2D eigenvalue weighted by atomic mass is 10.0. The van der Waals surface area contributed by atoms with Gasteiger partial charge in [0, 0.05) is 13.1 Å². The van der Waals surface area contributed by atoms with Crippen molar-refractivity contribution in [3.8, 4) is 0 Å². The molecule has 2 aromatic carbocycles. The van der Waals surface area contributed by atoms with Crippen LogP contribution in [0, 0.1) is 5.82 Å². The molecule has 1 saturated heterocycles. The Balaban J connectivity index is 1.81. The molecule has 0 bridgehead atoms. The van der Waals surface area contributed by atoms with E-state index in [-0.39, 0.29) is 17.8 Å². The number of nitrogens with zero attached hydrogens (tertiary/aromatic N) is 1. The van der Waals surface area contributed by atoms with Gasteiger partial charge in [0.05, 0.1) is 12.7 Å². The summed E-state index contributed by atoms with van der Waals surface area (Å²) in [5.41, 5.74) is 7.40. The normalized spacial score (nSPS) is 20.1. The number of carbonyl (C=O) groups excluding carboxylic acids is 1. The van der Waals surface area contributed by atoms with Gasteiger partial charge in [-0.1, -0.05) is 42.5 Å². The predicted octanol–water partition coefficient (Wildman–Crippen LogP) is 2.43. The quantitative estimate of drug-likeness (QED) is 0.943. The molecule has 2 unspecified atom stereocenters. The molecule has 2 N–H and O–H groups in total. The second-order valence-electron chi connectivity index (χ2n) is 5.62. The van der Waals surface area contributed by atoms with Crippen LogP contribution < -0.4 is 5.73 Å². The van der Waals surface area contributed by atoms with Crippen LogP contribution in [0.2, 0.25) is 0 Å². The first kappa shape index (κ1) is 15.6. The van der Waals surface area contributed by atoms with E-state index in [0.717, 1.165) is 11.1 Å². The third-order valence-corrected chi connectivity index (χ3v) is 4.09.